The summed E-state index contributed by atoms with van der Waals surface area (Å²) in [6, 6.07) is 0. The molecule has 94 valence electrons. The summed E-state index contributed by atoms with van der Waals surface area (Å²) >= 11 is 0. The van der Waals surface area contributed by atoms with E-state index >= 15 is 0 Å². The van der Waals surface area contributed by atoms with Gasteiger partial charge in [0, 0.05) is 26.1 Å². The number of carbonyl (C=O) groups excluding carboxylic acids is 1. The van der Waals surface area contributed by atoms with E-state index in [9.17, 15) is 4.79 Å². The van der Waals surface area contributed by atoms with Gasteiger partial charge in [-0.25, -0.2) is 0 Å². The fraction of sp³-hybridized carbons (Fsp3) is 0.923. The Morgan fingerprint density at radius 3 is 2.31 bits per heavy atom. The van der Waals surface area contributed by atoms with Gasteiger partial charge >= 0.3 is 0 Å². The van der Waals surface area contributed by atoms with Gasteiger partial charge in [0.25, 0.3) is 0 Å². The zero-order valence-electron chi connectivity index (χ0n) is 10.9. The van der Waals surface area contributed by atoms with E-state index in [-0.39, 0.29) is 5.78 Å². The van der Waals surface area contributed by atoms with Crippen LogP contribution in [0.1, 0.15) is 46.5 Å². The minimum atomic E-state index is -0.465. The van der Waals surface area contributed by atoms with Crippen LogP contribution in [0.2, 0.25) is 0 Å². The fourth-order valence-corrected chi connectivity index (χ4v) is 2.56. The summed E-state index contributed by atoms with van der Waals surface area (Å²) in [5.41, 5.74) is -0.465. The summed E-state index contributed by atoms with van der Waals surface area (Å²) in [5, 5.41) is 0. The highest BCUT2D eigenvalue weighted by atomic mass is 16.5. The average Bonchev–Trinajstić information content (AvgIpc) is 2.31. The van der Waals surface area contributed by atoms with Crippen molar-refractivity contribution in [1.29, 1.82) is 0 Å². The summed E-state index contributed by atoms with van der Waals surface area (Å²) in [6.07, 6.45) is 3.51. The lowest BCUT2D eigenvalue weighted by Crippen LogP contribution is -2.51. The lowest BCUT2D eigenvalue weighted by Gasteiger charge is -2.40. The van der Waals surface area contributed by atoms with Gasteiger partial charge in [-0.05, 0) is 32.7 Å². The molecule has 1 aliphatic rings. The summed E-state index contributed by atoms with van der Waals surface area (Å²) in [4.78, 5) is 14.4. The second-order valence-electron chi connectivity index (χ2n) is 4.55. The third kappa shape index (κ3) is 3.05. The van der Waals surface area contributed by atoms with Crippen LogP contribution in [0.3, 0.4) is 0 Å². The standard InChI is InChI=1S/C13H25NO2/c1-4-9-14-10-7-13(8-11-14,16-6-3)12(15)5-2/h4-11H2,1-3H3. The van der Waals surface area contributed by atoms with Crippen LogP contribution >= 0.6 is 0 Å². The molecule has 0 spiro atoms. The van der Waals surface area contributed by atoms with E-state index in [4.69, 9.17) is 4.74 Å². The van der Waals surface area contributed by atoms with Crippen molar-refractivity contribution >= 4 is 5.78 Å². The Hall–Kier alpha value is -0.410. The quantitative estimate of drug-likeness (QED) is 0.697. The van der Waals surface area contributed by atoms with E-state index < -0.39 is 5.60 Å². The number of carbonyl (C=O) groups is 1. The van der Waals surface area contributed by atoms with Crippen molar-refractivity contribution in [2.24, 2.45) is 0 Å². The van der Waals surface area contributed by atoms with Crippen LogP contribution < -0.4 is 0 Å². The molecule has 0 amide bonds. The first-order valence-electron chi connectivity index (χ1n) is 6.58. The van der Waals surface area contributed by atoms with Crippen LogP contribution in [0.15, 0.2) is 0 Å². The van der Waals surface area contributed by atoms with Crippen LogP contribution in [-0.4, -0.2) is 42.5 Å². The highest BCUT2D eigenvalue weighted by molar-refractivity contribution is 5.87. The van der Waals surface area contributed by atoms with Crippen molar-refractivity contribution in [3.8, 4) is 0 Å². The highest BCUT2D eigenvalue weighted by Gasteiger charge is 2.40. The maximum Gasteiger partial charge on any atom is 0.164 e. The lowest BCUT2D eigenvalue weighted by atomic mass is 9.85. The molecule has 1 fully saturated rings. The van der Waals surface area contributed by atoms with E-state index in [1.54, 1.807) is 0 Å². The van der Waals surface area contributed by atoms with Gasteiger partial charge in [0.1, 0.15) is 5.60 Å². The number of hydrogen-bond acceptors (Lipinski definition) is 3. The van der Waals surface area contributed by atoms with E-state index in [0.29, 0.717) is 13.0 Å². The van der Waals surface area contributed by atoms with E-state index in [2.05, 4.69) is 11.8 Å². The van der Waals surface area contributed by atoms with E-state index in [1.165, 1.54) is 6.42 Å². The molecule has 0 aromatic carbocycles. The first kappa shape index (κ1) is 13.7. The molecule has 0 N–H and O–H groups in total. The minimum Gasteiger partial charge on any atom is -0.367 e. The summed E-state index contributed by atoms with van der Waals surface area (Å²) in [5.74, 6) is 0.283. The molecule has 0 aliphatic carbocycles. The molecule has 0 aromatic heterocycles. The Bertz CT molecular complexity index is 220. The Morgan fingerprint density at radius 1 is 1.25 bits per heavy atom. The van der Waals surface area contributed by atoms with Gasteiger partial charge in [-0.1, -0.05) is 13.8 Å². The maximum atomic E-state index is 12.0. The molecule has 0 radical (unpaired) electrons. The number of rotatable bonds is 6. The molecular formula is C13H25NO2. The molecule has 0 aromatic rings. The SMILES string of the molecule is CCCN1CCC(OCC)(C(=O)CC)CC1. The predicted octanol–water partition coefficient (Wildman–Crippen LogP) is 2.25. The number of ether oxygens (including phenoxy) is 1. The summed E-state index contributed by atoms with van der Waals surface area (Å²) in [7, 11) is 0. The highest BCUT2D eigenvalue weighted by Crippen LogP contribution is 2.28. The van der Waals surface area contributed by atoms with Crippen LogP contribution in [0.4, 0.5) is 0 Å². The van der Waals surface area contributed by atoms with Gasteiger partial charge < -0.3 is 9.64 Å². The lowest BCUT2D eigenvalue weighted by molar-refractivity contribution is -0.151. The van der Waals surface area contributed by atoms with Crippen molar-refractivity contribution in [2.75, 3.05) is 26.2 Å². The Kier molecular flexibility index (Phi) is 5.42. The molecule has 16 heavy (non-hydrogen) atoms. The first-order valence-corrected chi connectivity index (χ1v) is 6.58. The number of piperidine rings is 1. The molecule has 3 heteroatoms. The molecule has 1 rings (SSSR count). The predicted molar refractivity (Wildman–Crippen MR) is 65.6 cm³/mol. The van der Waals surface area contributed by atoms with Crippen LogP contribution in [-0.2, 0) is 9.53 Å². The zero-order valence-corrected chi connectivity index (χ0v) is 10.9. The molecular weight excluding hydrogens is 202 g/mol. The molecule has 0 bridgehead atoms. The monoisotopic (exact) mass is 227 g/mol. The molecule has 3 nitrogen and oxygen atoms in total. The molecule has 0 atom stereocenters. The van der Waals surface area contributed by atoms with Crippen molar-refractivity contribution in [1.82, 2.24) is 4.90 Å². The van der Waals surface area contributed by atoms with Crippen LogP contribution in [0.5, 0.6) is 0 Å². The van der Waals surface area contributed by atoms with Gasteiger partial charge in [-0.15, -0.1) is 0 Å². The topological polar surface area (TPSA) is 29.5 Å². The van der Waals surface area contributed by atoms with Gasteiger partial charge in [0.05, 0.1) is 0 Å². The normalized spacial score (nSPS) is 20.9. The molecule has 0 unspecified atom stereocenters. The second kappa shape index (κ2) is 6.36. The molecule has 0 saturated carbocycles. The Morgan fingerprint density at radius 2 is 1.88 bits per heavy atom. The average molecular weight is 227 g/mol. The Labute approximate surface area is 99.1 Å². The summed E-state index contributed by atoms with van der Waals surface area (Å²) in [6.45, 7) is 9.88. The van der Waals surface area contributed by atoms with Gasteiger partial charge in [-0.2, -0.15) is 0 Å². The second-order valence-corrected chi connectivity index (χ2v) is 4.55. The molecule has 1 saturated heterocycles. The van der Waals surface area contributed by atoms with Gasteiger partial charge in [0.2, 0.25) is 0 Å². The van der Waals surface area contributed by atoms with Gasteiger partial charge in [-0.3, -0.25) is 4.79 Å². The third-order valence-corrected chi connectivity index (χ3v) is 3.45. The van der Waals surface area contributed by atoms with Crippen molar-refractivity contribution < 1.29 is 9.53 Å². The zero-order chi connectivity index (χ0) is 12.0. The van der Waals surface area contributed by atoms with Crippen LogP contribution in [0.25, 0.3) is 0 Å². The van der Waals surface area contributed by atoms with Gasteiger partial charge in [0.15, 0.2) is 5.78 Å². The van der Waals surface area contributed by atoms with Crippen molar-refractivity contribution in [2.45, 2.75) is 52.1 Å². The number of ketones is 1. The van der Waals surface area contributed by atoms with E-state index in [1.807, 2.05) is 13.8 Å². The maximum absolute atomic E-state index is 12.0. The molecule has 1 aliphatic heterocycles. The van der Waals surface area contributed by atoms with Crippen molar-refractivity contribution in [3.63, 3.8) is 0 Å². The fourth-order valence-electron chi connectivity index (χ4n) is 2.56. The largest absolute Gasteiger partial charge is 0.367 e. The van der Waals surface area contributed by atoms with E-state index in [0.717, 1.165) is 32.5 Å². The smallest absolute Gasteiger partial charge is 0.164 e. The third-order valence-electron chi connectivity index (χ3n) is 3.45. The summed E-state index contributed by atoms with van der Waals surface area (Å²) < 4.78 is 5.77. The number of nitrogens with zero attached hydrogens (tertiary/aromatic N) is 1. The first-order chi connectivity index (χ1) is 7.68. The van der Waals surface area contributed by atoms with Crippen LogP contribution in [0, 0.1) is 0 Å². The molecule has 1 heterocycles. The van der Waals surface area contributed by atoms with Crippen molar-refractivity contribution in [3.05, 3.63) is 0 Å². The Balaban J connectivity index is 2.58. The minimum absolute atomic E-state index is 0.283. The number of Topliss-reactive ketones (excluding diaryl/α,β-unsaturated/α-hetero) is 1. The number of likely N-dealkylation sites (tertiary alicyclic amines) is 1. The number of hydrogen-bond donors (Lipinski definition) is 0.